The van der Waals surface area contributed by atoms with Crippen LogP contribution in [0.25, 0.3) is 0 Å². The number of halogens is 2. The summed E-state index contributed by atoms with van der Waals surface area (Å²) in [5.74, 6) is 0. The minimum atomic E-state index is -2.60. The average molecular weight is 187 g/mol. The number of nitrogen functional groups attached to an aromatic ring is 1. The normalized spacial score (nSPS) is 10.8. The lowest BCUT2D eigenvalue weighted by atomic mass is 10.1. The van der Waals surface area contributed by atoms with Crippen LogP contribution in [0.2, 0.25) is 0 Å². The van der Waals surface area contributed by atoms with Crippen LogP contribution in [0.1, 0.15) is 23.2 Å². The molecule has 0 saturated heterocycles. The molecule has 0 aliphatic carbocycles. The number of aromatic nitrogens is 1. The molecule has 0 aromatic carbocycles. The van der Waals surface area contributed by atoms with Gasteiger partial charge in [0.1, 0.15) is 5.69 Å². The molecule has 0 fully saturated rings. The van der Waals surface area contributed by atoms with Gasteiger partial charge in [-0.2, -0.15) is 0 Å². The summed E-state index contributed by atoms with van der Waals surface area (Å²) < 4.78 is 24.7. The Kier molecular flexibility index (Phi) is 2.77. The molecule has 1 rings (SSSR count). The van der Waals surface area contributed by atoms with Crippen molar-refractivity contribution in [3.8, 4) is 0 Å². The van der Waals surface area contributed by atoms with Gasteiger partial charge in [0.15, 0.2) is 0 Å². The van der Waals surface area contributed by atoms with E-state index in [2.05, 4.69) is 4.98 Å². The van der Waals surface area contributed by atoms with E-state index in [0.29, 0.717) is 16.8 Å². The van der Waals surface area contributed by atoms with Crippen molar-refractivity contribution in [2.24, 2.45) is 5.73 Å². The first-order valence-electron chi connectivity index (χ1n) is 3.80. The molecule has 13 heavy (non-hydrogen) atoms. The van der Waals surface area contributed by atoms with Crippen molar-refractivity contribution in [1.29, 1.82) is 0 Å². The topological polar surface area (TPSA) is 64.9 Å². The summed E-state index contributed by atoms with van der Waals surface area (Å²) in [6.07, 6.45) is -1.37. The average Bonchev–Trinajstić information content (AvgIpc) is 2.09. The SMILES string of the molecule is Cc1c(N)cnc(C(F)F)c1CN. The van der Waals surface area contributed by atoms with Crippen LogP contribution in [0.15, 0.2) is 6.20 Å². The van der Waals surface area contributed by atoms with Crippen molar-refractivity contribution in [3.05, 3.63) is 23.0 Å². The van der Waals surface area contributed by atoms with Gasteiger partial charge in [-0.25, -0.2) is 8.78 Å². The van der Waals surface area contributed by atoms with E-state index in [1.807, 2.05) is 0 Å². The van der Waals surface area contributed by atoms with Gasteiger partial charge in [0.05, 0.1) is 11.9 Å². The maximum atomic E-state index is 12.4. The number of pyridine rings is 1. The molecule has 0 aliphatic heterocycles. The molecule has 0 atom stereocenters. The molecule has 4 N–H and O–H groups in total. The molecular weight excluding hydrogens is 176 g/mol. The van der Waals surface area contributed by atoms with Gasteiger partial charge in [-0.1, -0.05) is 0 Å². The Morgan fingerprint density at radius 2 is 2.15 bits per heavy atom. The Morgan fingerprint density at radius 3 is 2.62 bits per heavy atom. The van der Waals surface area contributed by atoms with Crippen LogP contribution in [0.4, 0.5) is 14.5 Å². The van der Waals surface area contributed by atoms with Crippen LogP contribution in [-0.4, -0.2) is 4.98 Å². The predicted molar refractivity (Wildman–Crippen MR) is 46.2 cm³/mol. The molecule has 3 nitrogen and oxygen atoms in total. The predicted octanol–water partition coefficient (Wildman–Crippen LogP) is 1.37. The number of rotatable bonds is 2. The van der Waals surface area contributed by atoms with Gasteiger partial charge >= 0.3 is 0 Å². The van der Waals surface area contributed by atoms with E-state index in [-0.39, 0.29) is 12.2 Å². The van der Waals surface area contributed by atoms with E-state index in [4.69, 9.17) is 11.5 Å². The first-order valence-corrected chi connectivity index (χ1v) is 3.80. The van der Waals surface area contributed by atoms with Gasteiger partial charge in [0.2, 0.25) is 0 Å². The van der Waals surface area contributed by atoms with Gasteiger partial charge in [0.25, 0.3) is 6.43 Å². The number of alkyl halides is 2. The van der Waals surface area contributed by atoms with Crippen LogP contribution >= 0.6 is 0 Å². The van der Waals surface area contributed by atoms with Crippen LogP contribution in [0, 0.1) is 6.92 Å². The van der Waals surface area contributed by atoms with E-state index in [9.17, 15) is 8.78 Å². The quantitative estimate of drug-likeness (QED) is 0.734. The highest BCUT2D eigenvalue weighted by Gasteiger charge is 2.16. The van der Waals surface area contributed by atoms with Gasteiger partial charge in [-0.15, -0.1) is 0 Å². The second-order valence-corrected chi connectivity index (χ2v) is 2.71. The summed E-state index contributed by atoms with van der Waals surface area (Å²) in [7, 11) is 0. The van der Waals surface area contributed by atoms with Gasteiger partial charge in [-0.05, 0) is 18.1 Å². The van der Waals surface area contributed by atoms with E-state index >= 15 is 0 Å². The summed E-state index contributed by atoms with van der Waals surface area (Å²) in [6, 6.07) is 0. The highest BCUT2D eigenvalue weighted by molar-refractivity contribution is 5.49. The van der Waals surface area contributed by atoms with Gasteiger partial charge < -0.3 is 11.5 Å². The Hall–Kier alpha value is -1.23. The summed E-state index contributed by atoms with van der Waals surface area (Å²) in [6.45, 7) is 1.69. The van der Waals surface area contributed by atoms with Crippen molar-refractivity contribution >= 4 is 5.69 Å². The molecule has 5 heteroatoms. The molecule has 0 aliphatic rings. The maximum Gasteiger partial charge on any atom is 0.280 e. The number of hydrogen-bond donors (Lipinski definition) is 2. The van der Waals surface area contributed by atoms with Gasteiger partial charge in [-0.3, -0.25) is 4.98 Å². The molecule has 0 saturated carbocycles. The Morgan fingerprint density at radius 1 is 1.54 bits per heavy atom. The smallest absolute Gasteiger partial charge is 0.280 e. The lowest BCUT2D eigenvalue weighted by molar-refractivity contribution is 0.145. The first-order chi connectivity index (χ1) is 6.07. The number of hydrogen-bond acceptors (Lipinski definition) is 3. The van der Waals surface area contributed by atoms with Crippen LogP contribution < -0.4 is 11.5 Å². The highest BCUT2D eigenvalue weighted by atomic mass is 19.3. The van der Waals surface area contributed by atoms with E-state index in [0.717, 1.165) is 0 Å². The Balaban J connectivity index is 3.30. The molecule has 1 aromatic rings. The molecule has 0 spiro atoms. The van der Waals surface area contributed by atoms with E-state index in [1.54, 1.807) is 6.92 Å². The van der Waals surface area contributed by atoms with Crippen LogP contribution in [-0.2, 0) is 6.54 Å². The molecular formula is C8H11F2N3. The minimum Gasteiger partial charge on any atom is -0.397 e. The summed E-state index contributed by atoms with van der Waals surface area (Å²) in [5, 5.41) is 0. The lowest BCUT2D eigenvalue weighted by Gasteiger charge is -2.10. The molecule has 0 bridgehead atoms. The maximum absolute atomic E-state index is 12.4. The van der Waals surface area contributed by atoms with E-state index < -0.39 is 6.43 Å². The highest BCUT2D eigenvalue weighted by Crippen LogP contribution is 2.25. The molecule has 0 amide bonds. The second-order valence-electron chi connectivity index (χ2n) is 2.71. The largest absolute Gasteiger partial charge is 0.397 e. The van der Waals surface area contributed by atoms with Crippen LogP contribution in [0.5, 0.6) is 0 Å². The fourth-order valence-corrected chi connectivity index (χ4v) is 1.13. The number of anilines is 1. The minimum absolute atomic E-state index is 0.0313. The second kappa shape index (κ2) is 3.66. The first kappa shape index (κ1) is 9.85. The molecule has 1 heterocycles. The summed E-state index contributed by atoms with van der Waals surface area (Å²) in [4.78, 5) is 3.55. The Labute approximate surface area is 74.8 Å². The fourth-order valence-electron chi connectivity index (χ4n) is 1.13. The van der Waals surface area contributed by atoms with Crippen molar-refractivity contribution in [2.45, 2.75) is 19.9 Å². The lowest BCUT2D eigenvalue weighted by Crippen LogP contribution is -2.09. The third-order valence-corrected chi connectivity index (χ3v) is 1.95. The third kappa shape index (κ3) is 1.75. The molecule has 0 unspecified atom stereocenters. The summed E-state index contributed by atoms with van der Waals surface area (Å²) >= 11 is 0. The zero-order valence-corrected chi connectivity index (χ0v) is 7.22. The standard InChI is InChI=1S/C8H11F2N3/c1-4-5(2-11)7(8(9)10)13-3-6(4)12/h3,8H,2,11-12H2,1H3. The third-order valence-electron chi connectivity index (χ3n) is 1.95. The van der Waals surface area contributed by atoms with Crippen molar-refractivity contribution in [3.63, 3.8) is 0 Å². The molecule has 0 radical (unpaired) electrons. The van der Waals surface area contributed by atoms with Crippen LogP contribution in [0.3, 0.4) is 0 Å². The van der Waals surface area contributed by atoms with Crippen molar-refractivity contribution in [1.82, 2.24) is 4.98 Å². The zero-order chi connectivity index (χ0) is 10.0. The number of nitrogens with zero attached hydrogens (tertiary/aromatic N) is 1. The monoisotopic (exact) mass is 187 g/mol. The van der Waals surface area contributed by atoms with Gasteiger partial charge in [0, 0.05) is 6.54 Å². The van der Waals surface area contributed by atoms with Crippen molar-refractivity contribution < 1.29 is 8.78 Å². The zero-order valence-electron chi connectivity index (χ0n) is 7.22. The number of nitrogens with two attached hydrogens (primary N) is 2. The van der Waals surface area contributed by atoms with E-state index in [1.165, 1.54) is 6.20 Å². The molecule has 72 valence electrons. The molecule has 1 aromatic heterocycles. The van der Waals surface area contributed by atoms with Crippen molar-refractivity contribution in [2.75, 3.05) is 5.73 Å². The Bertz CT molecular complexity index is 313. The fraction of sp³-hybridized carbons (Fsp3) is 0.375. The summed E-state index contributed by atoms with van der Waals surface area (Å²) in [5.41, 5.74) is 11.9.